The molecular weight excluding hydrogens is 318 g/mol. The second kappa shape index (κ2) is 12.4. The zero-order valence-corrected chi connectivity index (χ0v) is 19.2. The van der Waals surface area contributed by atoms with E-state index in [1.54, 1.807) is 0 Å². The van der Waals surface area contributed by atoms with Gasteiger partial charge in [0.05, 0.1) is 0 Å². The van der Waals surface area contributed by atoms with Crippen molar-refractivity contribution >= 4 is 0 Å². The molecule has 1 atom stereocenters. The zero-order valence-electron chi connectivity index (χ0n) is 19.2. The minimum Gasteiger partial charge on any atom is -0.301 e. The number of hydrogen-bond donors (Lipinski definition) is 0. The third-order valence-corrected chi connectivity index (χ3v) is 6.72. The molecule has 0 bridgehead atoms. The van der Waals surface area contributed by atoms with Gasteiger partial charge < -0.3 is 14.7 Å². The predicted octanol–water partition coefficient (Wildman–Crippen LogP) is 4.97. The van der Waals surface area contributed by atoms with Crippen LogP contribution in [-0.2, 0) is 0 Å². The van der Waals surface area contributed by atoms with E-state index in [2.05, 4.69) is 63.2 Å². The molecule has 26 heavy (non-hydrogen) atoms. The van der Waals surface area contributed by atoms with E-state index >= 15 is 0 Å². The largest absolute Gasteiger partial charge is 0.301 e. The summed E-state index contributed by atoms with van der Waals surface area (Å²) in [5.41, 5.74) is 0.396. The fourth-order valence-corrected chi connectivity index (χ4v) is 3.88. The summed E-state index contributed by atoms with van der Waals surface area (Å²) in [4.78, 5) is 8.13. The topological polar surface area (TPSA) is 9.72 Å². The van der Waals surface area contributed by atoms with Gasteiger partial charge in [-0.1, -0.05) is 54.4 Å². The molecule has 0 amide bonds. The highest BCUT2D eigenvalue weighted by Crippen LogP contribution is 2.28. The fraction of sp³-hybridized carbons (Fsp3) is 1.00. The van der Waals surface area contributed by atoms with Gasteiger partial charge in [-0.3, -0.25) is 0 Å². The number of nitrogens with zero attached hydrogens (tertiary/aromatic N) is 3. The summed E-state index contributed by atoms with van der Waals surface area (Å²) < 4.78 is 0. The molecule has 1 heterocycles. The summed E-state index contributed by atoms with van der Waals surface area (Å²) in [5.74, 6) is 0.732. The van der Waals surface area contributed by atoms with Gasteiger partial charge in [-0.25, -0.2) is 0 Å². The Morgan fingerprint density at radius 3 is 1.85 bits per heavy atom. The SMILES string of the molecule is CCCCN1CCN(CCCN(CC(C)(C)C(C)C)C(C)CCC)CC1. The number of piperazine rings is 1. The Kier molecular flexibility index (Phi) is 11.4. The standard InChI is InChI=1S/C23H49N3/c1-8-10-13-24-16-18-25(19-17-24)14-11-15-26(22(5)12-9-2)20-23(6,7)21(3)4/h21-22H,8-20H2,1-7H3. The first-order valence-corrected chi connectivity index (χ1v) is 11.5. The van der Waals surface area contributed by atoms with Crippen LogP contribution in [0, 0.1) is 11.3 Å². The first kappa shape index (κ1) is 23.9. The van der Waals surface area contributed by atoms with E-state index in [4.69, 9.17) is 0 Å². The lowest BCUT2D eigenvalue weighted by atomic mass is 9.80. The van der Waals surface area contributed by atoms with Gasteiger partial charge in [0.15, 0.2) is 0 Å². The Balaban J connectivity index is 2.39. The summed E-state index contributed by atoms with van der Waals surface area (Å²) in [7, 11) is 0. The van der Waals surface area contributed by atoms with Crippen molar-refractivity contribution in [3.8, 4) is 0 Å². The van der Waals surface area contributed by atoms with Gasteiger partial charge >= 0.3 is 0 Å². The smallest absolute Gasteiger partial charge is 0.0110 e. The Morgan fingerprint density at radius 2 is 1.38 bits per heavy atom. The summed E-state index contributed by atoms with van der Waals surface area (Å²) in [6, 6.07) is 0.712. The van der Waals surface area contributed by atoms with Gasteiger partial charge in [0.2, 0.25) is 0 Å². The van der Waals surface area contributed by atoms with E-state index in [-0.39, 0.29) is 0 Å². The summed E-state index contributed by atoms with van der Waals surface area (Å²) in [5, 5.41) is 0. The lowest BCUT2D eigenvalue weighted by molar-refractivity contribution is 0.0875. The minimum atomic E-state index is 0.396. The second-order valence-electron chi connectivity index (χ2n) is 9.64. The third-order valence-electron chi connectivity index (χ3n) is 6.72. The van der Waals surface area contributed by atoms with Crippen LogP contribution in [0.15, 0.2) is 0 Å². The molecule has 0 saturated carbocycles. The molecule has 0 spiro atoms. The molecule has 1 unspecified atom stereocenters. The molecule has 3 nitrogen and oxygen atoms in total. The highest BCUT2D eigenvalue weighted by molar-refractivity contribution is 4.80. The Labute approximate surface area is 165 Å². The Morgan fingerprint density at radius 1 is 0.846 bits per heavy atom. The quantitative estimate of drug-likeness (QED) is 0.455. The molecule has 0 aromatic rings. The molecule has 1 saturated heterocycles. The van der Waals surface area contributed by atoms with Crippen molar-refractivity contribution < 1.29 is 0 Å². The van der Waals surface area contributed by atoms with Crippen molar-refractivity contribution in [2.75, 3.05) is 52.4 Å². The summed E-state index contributed by atoms with van der Waals surface area (Å²) in [6.07, 6.45) is 6.61. The van der Waals surface area contributed by atoms with Crippen molar-refractivity contribution in [1.29, 1.82) is 0 Å². The van der Waals surface area contributed by atoms with Crippen molar-refractivity contribution in [1.82, 2.24) is 14.7 Å². The number of hydrogen-bond acceptors (Lipinski definition) is 3. The molecule has 0 aromatic heterocycles. The molecule has 0 radical (unpaired) electrons. The van der Waals surface area contributed by atoms with Crippen LogP contribution in [0.25, 0.3) is 0 Å². The summed E-state index contributed by atoms with van der Waals surface area (Å²) >= 11 is 0. The van der Waals surface area contributed by atoms with Gasteiger partial charge in [0, 0.05) is 38.8 Å². The van der Waals surface area contributed by atoms with Crippen LogP contribution < -0.4 is 0 Å². The van der Waals surface area contributed by atoms with Gasteiger partial charge in [-0.15, -0.1) is 0 Å². The van der Waals surface area contributed by atoms with E-state index in [0.717, 1.165) is 5.92 Å². The van der Waals surface area contributed by atoms with Crippen LogP contribution in [0.1, 0.15) is 80.6 Å². The highest BCUT2D eigenvalue weighted by atomic mass is 15.3. The molecular formula is C23H49N3. The molecule has 156 valence electrons. The average Bonchev–Trinajstić information content (AvgIpc) is 2.60. The van der Waals surface area contributed by atoms with Crippen LogP contribution in [0.4, 0.5) is 0 Å². The van der Waals surface area contributed by atoms with E-state index in [1.165, 1.54) is 84.5 Å². The van der Waals surface area contributed by atoms with Crippen LogP contribution in [0.2, 0.25) is 0 Å². The van der Waals surface area contributed by atoms with E-state index < -0.39 is 0 Å². The number of rotatable bonds is 13. The molecule has 0 aromatic carbocycles. The maximum absolute atomic E-state index is 2.78. The molecule has 1 aliphatic rings. The lowest BCUT2D eigenvalue weighted by Crippen LogP contribution is -2.47. The van der Waals surface area contributed by atoms with Crippen LogP contribution >= 0.6 is 0 Å². The normalized spacial score (nSPS) is 18.8. The lowest BCUT2D eigenvalue weighted by Gasteiger charge is -2.39. The molecule has 1 fully saturated rings. The number of unbranched alkanes of at least 4 members (excludes halogenated alkanes) is 1. The first-order chi connectivity index (χ1) is 12.3. The van der Waals surface area contributed by atoms with Crippen molar-refractivity contribution in [3.63, 3.8) is 0 Å². The van der Waals surface area contributed by atoms with Crippen molar-refractivity contribution in [2.45, 2.75) is 86.6 Å². The van der Waals surface area contributed by atoms with Crippen LogP contribution in [0.5, 0.6) is 0 Å². The Hall–Kier alpha value is -0.120. The van der Waals surface area contributed by atoms with Crippen molar-refractivity contribution in [2.24, 2.45) is 11.3 Å². The van der Waals surface area contributed by atoms with E-state index in [1.807, 2.05) is 0 Å². The minimum absolute atomic E-state index is 0.396. The molecule has 1 rings (SSSR count). The van der Waals surface area contributed by atoms with Crippen molar-refractivity contribution in [3.05, 3.63) is 0 Å². The first-order valence-electron chi connectivity index (χ1n) is 11.5. The molecule has 1 aliphatic heterocycles. The zero-order chi connectivity index (χ0) is 19.6. The highest BCUT2D eigenvalue weighted by Gasteiger charge is 2.27. The molecule has 3 heteroatoms. The maximum Gasteiger partial charge on any atom is 0.0110 e. The van der Waals surface area contributed by atoms with E-state index in [9.17, 15) is 0 Å². The molecule has 0 N–H and O–H groups in total. The molecule has 0 aliphatic carbocycles. The van der Waals surface area contributed by atoms with Crippen LogP contribution in [0.3, 0.4) is 0 Å². The monoisotopic (exact) mass is 367 g/mol. The van der Waals surface area contributed by atoms with Crippen LogP contribution in [-0.4, -0.2) is 73.1 Å². The van der Waals surface area contributed by atoms with Gasteiger partial charge in [-0.2, -0.15) is 0 Å². The van der Waals surface area contributed by atoms with Gasteiger partial charge in [-0.05, 0) is 57.2 Å². The summed E-state index contributed by atoms with van der Waals surface area (Å²) in [6.45, 7) is 26.8. The van der Waals surface area contributed by atoms with E-state index in [0.29, 0.717) is 11.5 Å². The Bertz CT molecular complexity index is 345. The maximum atomic E-state index is 2.78. The van der Waals surface area contributed by atoms with Gasteiger partial charge in [0.1, 0.15) is 0 Å². The average molecular weight is 368 g/mol. The third kappa shape index (κ3) is 8.71. The fourth-order valence-electron chi connectivity index (χ4n) is 3.88. The van der Waals surface area contributed by atoms with Gasteiger partial charge in [0.25, 0.3) is 0 Å². The predicted molar refractivity (Wildman–Crippen MR) is 117 cm³/mol. The second-order valence-corrected chi connectivity index (χ2v) is 9.64.